The molecule has 0 aliphatic rings. The Balaban J connectivity index is 2.27. The molecule has 3 aromatic rings. The summed E-state index contributed by atoms with van der Waals surface area (Å²) >= 11 is 0. The first-order valence-electron chi connectivity index (χ1n) is 7.11. The highest BCUT2D eigenvalue weighted by atomic mass is 19.1. The Morgan fingerprint density at radius 3 is 2.39 bits per heavy atom. The van der Waals surface area contributed by atoms with Gasteiger partial charge in [-0.1, -0.05) is 30.3 Å². The number of aromatic nitrogens is 2. The molecule has 0 saturated carbocycles. The zero-order chi connectivity index (χ0) is 16.4. The fourth-order valence-electron chi connectivity index (χ4n) is 2.51. The monoisotopic (exact) mass is 310 g/mol. The molecule has 0 aliphatic carbocycles. The third kappa shape index (κ3) is 2.61. The number of halogens is 1. The highest BCUT2D eigenvalue weighted by molar-refractivity contribution is 5.97. The van der Waals surface area contributed by atoms with Crippen LogP contribution in [0.25, 0.3) is 16.9 Å². The lowest BCUT2D eigenvalue weighted by atomic mass is 10.1. The van der Waals surface area contributed by atoms with E-state index in [1.54, 1.807) is 29.8 Å². The highest BCUT2D eigenvalue weighted by Gasteiger charge is 2.25. The van der Waals surface area contributed by atoms with Crippen LogP contribution in [0, 0.1) is 12.7 Å². The molecule has 5 heteroatoms. The molecule has 0 fully saturated rings. The second kappa shape index (κ2) is 6.04. The van der Waals surface area contributed by atoms with E-state index >= 15 is 0 Å². The number of nitrogens with zero attached hydrogens (tertiary/aromatic N) is 2. The maximum absolute atomic E-state index is 14.2. The predicted molar refractivity (Wildman–Crippen MR) is 85.0 cm³/mol. The molecule has 2 aromatic carbocycles. The van der Waals surface area contributed by atoms with Crippen molar-refractivity contribution in [1.29, 1.82) is 0 Å². The molecule has 0 spiro atoms. The number of ether oxygens (including phenoxy) is 1. The van der Waals surface area contributed by atoms with Crippen LogP contribution < -0.4 is 0 Å². The quantitative estimate of drug-likeness (QED) is 0.692. The van der Waals surface area contributed by atoms with Gasteiger partial charge in [-0.2, -0.15) is 5.10 Å². The lowest BCUT2D eigenvalue weighted by Gasteiger charge is -2.04. The molecule has 0 saturated heterocycles. The first-order valence-corrected chi connectivity index (χ1v) is 7.11. The van der Waals surface area contributed by atoms with Gasteiger partial charge in [0.2, 0.25) is 0 Å². The van der Waals surface area contributed by atoms with Crippen LogP contribution in [0.4, 0.5) is 4.39 Å². The molecule has 1 heterocycles. The minimum absolute atomic E-state index is 0.265. The summed E-state index contributed by atoms with van der Waals surface area (Å²) in [5.41, 5.74) is 2.20. The Bertz CT molecular complexity index is 857. The van der Waals surface area contributed by atoms with Crippen molar-refractivity contribution in [2.75, 3.05) is 7.11 Å². The van der Waals surface area contributed by atoms with Gasteiger partial charge >= 0.3 is 5.97 Å². The molecule has 0 atom stereocenters. The first kappa shape index (κ1) is 15.0. The van der Waals surface area contributed by atoms with Gasteiger partial charge in [-0.15, -0.1) is 0 Å². The lowest BCUT2D eigenvalue weighted by Crippen LogP contribution is -2.05. The molecular weight excluding hydrogens is 295 g/mol. The summed E-state index contributed by atoms with van der Waals surface area (Å²) in [7, 11) is 1.30. The van der Waals surface area contributed by atoms with Crippen molar-refractivity contribution in [1.82, 2.24) is 9.78 Å². The van der Waals surface area contributed by atoms with Crippen molar-refractivity contribution >= 4 is 5.97 Å². The van der Waals surface area contributed by atoms with Crippen LogP contribution in [0.15, 0.2) is 54.6 Å². The molecule has 1 aromatic heterocycles. The topological polar surface area (TPSA) is 44.1 Å². The highest BCUT2D eigenvalue weighted by Crippen LogP contribution is 2.29. The molecule has 0 unspecified atom stereocenters. The van der Waals surface area contributed by atoms with Crippen molar-refractivity contribution in [3.8, 4) is 16.9 Å². The van der Waals surface area contributed by atoms with Crippen molar-refractivity contribution in [3.05, 3.63) is 71.7 Å². The number of esters is 1. The van der Waals surface area contributed by atoms with Gasteiger partial charge in [0.05, 0.1) is 18.5 Å². The molecule has 0 radical (unpaired) electrons. The lowest BCUT2D eigenvalue weighted by molar-refractivity contribution is 0.0600. The smallest absolute Gasteiger partial charge is 0.342 e. The zero-order valence-corrected chi connectivity index (χ0v) is 12.8. The SMILES string of the molecule is COC(=O)c1c(-c2ccccc2F)nn(-c2ccccc2)c1C. The molecular formula is C18H15FN2O2. The summed E-state index contributed by atoms with van der Waals surface area (Å²) in [5, 5.41) is 4.46. The van der Waals surface area contributed by atoms with Gasteiger partial charge in [-0.25, -0.2) is 13.9 Å². The second-order valence-corrected chi connectivity index (χ2v) is 5.03. The summed E-state index contributed by atoms with van der Waals surface area (Å²) < 4.78 is 20.6. The van der Waals surface area contributed by atoms with E-state index in [1.165, 1.54) is 13.2 Å². The molecule has 23 heavy (non-hydrogen) atoms. The summed E-state index contributed by atoms with van der Waals surface area (Å²) in [6.07, 6.45) is 0. The maximum atomic E-state index is 14.2. The van der Waals surface area contributed by atoms with Crippen LogP contribution in [0.5, 0.6) is 0 Å². The van der Waals surface area contributed by atoms with E-state index in [4.69, 9.17) is 4.74 Å². The summed E-state index contributed by atoms with van der Waals surface area (Å²) in [6.45, 7) is 1.76. The number of hydrogen-bond donors (Lipinski definition) is 0. The van der Waals surface area contributed by atoms with Crippen LogP contribution in [-0.2, 0) is 4.74 Å². The van der Waals surface area contributed by atoms with Crippen LogP contribution in [-0.4, -0.2) is 22.9 Å². The molecule has 0 amide bonds. The van der Waals surface area contributed by atoms with Gasteiger partial charge in [0.25, 0.3) is 0 Å². The molecule has 0 N–H and O–H groups in total. The summed E-state index contributed by atoms with van der Waals surface area (Å²) in [5.74, 6) is -0.974. The van der Waals surface area contributed by atoms with E-state index in [-0.39, 0.29) is 16.8 Å². The number of carbonyl (C=O) groups is 1. The van der Waals surface area contributed by atoms with Gasteiger partial charge in [0.1, 0.15) is 17.1 Å². The molecule has 0 aliphatic heterocycles. The minimum atomic E-state index is -0.539. The van der Waals surface area contributed by atoms with Crippen molar-refractivity contribution in [2.24, 2.45) is 0 Å². The average Bonchev–Trinajstić information content (AvgIpc) is 2.92. The van der Waals surface area contributed by atoms with E-state index in [2.05, 4.69) is 5.10 Å². The normalized spacial score (nSPS) is 10.6. The Labute approximate surface area is 133 Å². The van der Waals surface area contributed by atoms with Crippen LogP contribution >= 0.6 is 0 Å². The first-order chi connectivity index (χ1) is 11.1. The minimum Gasteiger partial charge on any atom is -0.465 e. The van der Waals surface area contributed by atoms with Crippen LogP contribution in [0.2, 0.25) is 0 Å². The van der Waals surface area contributed by atoms with Gasteiger partial charge in [0.15, 0.2) is 0 Å². The van der Waals surface area contributed by atoms with Crippen LogP contribution in [0.3, 0.4) is 0 Å². The number of benzene rings is 2. The Morgan fingerprint density at radius 1 is 1.09 bits per heavy atom. The van der Waals surface area contributed by atoms with E-state index in [0.717, 1.165) is 5.69 Å². The Hall–Kier alpha value is -2.95. The van der Waals surface area contributed by atoms with E-state index < -0.39 is 11.8 Å². The summed E-state index contributed by atoms with van der Waals surface area (Å²) in [6, 6.07) is 15.6. The molecule has 0 bridgehead atoms. The largest absolute Gasteiger partial charge is 0.465 e. The standard InChI is InChI=1S/C18H15FN2O2/c1-12-16(18(22)23-2)17(14-10-6-7-11-15(14)19)20-21(12)13-8-4-3-5-9-13/h3-11H,1-2H3. The fourth-order valence-corrected chi connectivity index (χ4v) is 2.51. The number of carbonyl (C=O) groups excluding carboxylic acids is 1. The number of methoxy groups -OCH3 is 1. The number of para-hydroxylation sites is 1. The van der Waals surface area contributed by atoms with Crippen molar-refractivity contribution in [2.45, 2.75) is 6.92 Å². The third-order valence-electron chi connectivity index (χ3n) is 3.64. The third-order valence-corrected chi connectivity index (χ3v) is 3.64. The van der Waals surface area contributed by atoms with Gasteiger partial charge in [-0.3, -0.25) is 0 Å². The maximum Gasteiger partial charge on any atom is 0.342 e. The van der Waals surface area contributed by atoms with Gasteiger partial charge in [0, 0.05) is 5.56 Å². The van der Waals surface area contributed by atoms with Gasteiger partial charge in [-0.05, 0) is 31.2 Å². The van der Waals surface area contributed by atoms with Gasteiger partial charge < -0.3 is 4.74 Å². The van der Waals surface area contributed by atoms with Crippen molar-refractivity contribution < 1.29 is 13.9 Å². The fraction of sp³-hybridized carbons (Fsp3) is 0.111. The Morgan fingerprint density at radius 2 is 1.74 bits per heavy atom. The predicted octanol–water partition coefficient (Wildman–Crippen LogP) is 3.77. The van der Waals surface area contributed by atoms with E-state index in [0.29, 0.717) is 5.69 Å². The van der Waals surface area contributed by atoms with E-state index in [1.807, 2.05) is 30.3 Å². The number of rotatable bonds is 3. The second-order valence-electron chi connectivity index (χ2n) is 5.03. The molecule has 4 nitrogen and oxygen atoms in total. The molecule has 3 rings (SSSR count). The van der Waals surface area contributed by atoms with Crippen molar-refractivity contribution in [3.63, 3.8) is 0 Å². The zero-order valence-electron chi connectivity index (χ0n) is 12.8. The Kier molecular flexibility index (Phi) is 3.93. The van der Waals surface area contributed by atoms with E-state index in [9.17, 15) is 9.18 Å². The molecule has 116 valence electrons. The average molecular weight is 310 g/mol. The van der Waals surface area contributed by atoms with Crippen LogP contribution in [0.1, 0.15) is 16.1 Å². The summed E-state index contributed by atoms with van der Waals surface area (Å²) in [4.78, 5) is 12.2. The number of hydrogen-bond acceptors (Lipinski definition) is 3.